The SMILES string of the molecule is FC(F)(F)c1ccccc1-c1nc(Nc2n[nH]c3ccccc23)cc(C2=CNCN2)n1. The maximum Gasteiger partial charge on any atom is 0.417 e. The van der Waals surface area contributed by atoms with Crippen molar-refractivity contribution in [1.82, 2.24) is 30.8 Å². The van der Waals surface area contributed by atoms with Gasteiger partial charge in [-0.15, -0.1) is 0 Å². The molecule has 2 aromatic carbocycles. The van der Waals surface area contributed by atoms with Gasteiger partial charge in [0.1, 0.15) is 5.82 Å². The Hall–Kier alpha value is -4.08. The second-order valence-corrected chi connectivity index (χ2v) is 6.86. The van der Waals surface area contributed by atoms with Crippen molar-refractivity contribution >= 4 is 28.2 Å². The van der Waals surface area contributed by atoms with Gasteiger partial charge < -0.3 is 16.0 Å². The summed E-state index contributed by atoms with van der Waals surface area (Å²) in [7, 11) is 0. The average Bonchev–Trinajstić information content (AvgIpc) is 3.44. The van der Waals surface area contributed by atoms with Gasteiger partial charge >= 0.3 is 6.18 Å². The molecule has 0 amide bonds. The number of aromatic nitrogens is 4. The monoisotopic (exact) mass is 423 g/mol. The second kappa shape index (κ2) is 7.31. The van der Waals surface area contributed by atoms with Gasteiger partial charge in [0.05, 0.1) is 29.1 Å². The molecule has 0 fully saturated rings. The standard InChI is InChI=1S/C21H16F3N7/c22-21(23,24)14-7-3-1-5-12(14)19-27-16(17-10-25-11-26-17)9-18(28-19)29-20-13-6-2-4-8-15(13)30-31-20/h1-10,25-26H,11H2,(H2,27,28,29,30,31). The fourth-order valence-corrected chi connectivity index (χ4v) is 3.39. The molecule has 0 saturated heterocycles. The van der Waals surface area contributed by atoms with Gasteiger partial charge in [0, 0.05) is 23.2 Å². The van der Waals surface area contributed by atoms with Crippen molar-refractivity contribution in [2.24, 2.45) is 0 Å². The van der Waals surface area contributed by atoms with Gasteiger partial charge in [-0.1, -0.05) is 30.3 Å². The Morgan fingerprint density at radius 2 is 1.77 bits per heavy atom. The van der Waals surface area contributed by atoms with Crippen LogP contribution in [0.25, 0.3) is 28.0 Å². The molecule has 0 spiro atoms. The molecule has 156 valence electrons. The van der Waals surface area contributed by atoms with E-state index in [9.17, 15) is 13.2 Å². The average molecular weight is 423 g/mol. The summed E-state index contributed by atoms with van der Waals surface area (Å²) in [6.45, 7) is 0.501. The summed E-state index contributed by atoms with van der Waals surface area (Å²) in [5.41, 5.74) is 1.04. The van der Waals surface area contributed by atoms with E-state index in [4.69, 9.17) is 0 Å². The number of H-pyrrole nitrogens is 1. The number of hydrogen-bond acceptors (Lipinski definition) is 6. The van der Waals surface area contributed by atoms with E-state index in [1.54, 1.807) is 12.3 Å². The van der Waals surface area contributed by atoms with Crippen LogP contribution in [0.4, 0.5) is 24.8 Å². The molecular weight excluding hydrogens is 407 g/mol. The van der Waals surface area contributed by atoms with E-state index in [1.807, 2.05) is 24.3 Å². The Morgan fingerprint density at radius 3 is 2.58 bits per heavy atom. The van der Waals surface area contributed by atoms with Crippen LogP contribution in [0.15, 0.2) is 60.8 Å². The van der Waals surface area contributed by atoms with Gasteiger partial charge in [-0.2, -0.15) is 18.3 Å². The number of nitrogens with zero attached hydrogens (tertiary/aromatic N) is 3. The van der Waals surface area contributed by atoms with E-state index in [1.165, 1.54) is 18.2 Å². The van der Waals surface area contributed by atoms with Gasteiger partial charge in [0.2, 0.25) is 0 Å². The summed E-state index contributed by atoms with van der Waals surface area (Å²) >= 11 is 0. The Kier molecular flexibility index (Phi) is 4.46. The molecule has 3 heterocycles. The number of benzene rings is 2. The van der Waals surface area contributed by atoms with Crippen LogP contribution >= 0.6 is 0 Å². The highest BCUT2D eigenvalue weighted by Crippen LogP contribution is 2.36. The molecule has 4 N–H and O–H groups in total. The molecule has 4 aromatic rings. The van der Waals surface area contributed by atoms with E-state index in [0.717, 1.165) is 17.0 Å². The molecule has 0 saturated carbocycles. The Bertz CT molecular complexity index is 1290. The zero-order valence-corrected chi connectivity index (χ0v) is 16.0. The van der Waals surface area contributed by atoms with Crippen molar-refractivity contribution in [1.29, 1.82) is 0 Å². The van der Waals surface area contributed by atoms with Crippen LogP contribution in [-0.4, -0.2) is 26.8 Å². The largest absolute Gasteiger partial charge is 0.417 e. The molecule has 7 nitrogen and oxygen atoms in total. The van der Waals surface area contributed by atoms with Gasteiger partial charge in [0.25, 0.3) is 0 Å². The lowest BCUT2D eigenvalue weighted by molar-refractivity contribution is -0.137. The van der Waals surface area contributed by atoms with Gasteiger partial charge in [-0.3, -0.25) is 5.10 Å². The quantitative estimate of drug-likeness (QED) is 0.393. The lowest BCUT2D eigenvalue weighted by Crippen LogP contribution is -2.15. The highest BCUT2D eigenvalue weighted by molar-refractivity contribution is 5.91. The third-order valence-corrected chi connectivity index (χ3v) is 4.82. The minimum Gasteiger partial charge on any atom is -0.372 e. The first kappa shape index (κ1) is 18.9. The number of aromatic amines is 1. The zero-order chi connectivity index (χ0) is 21.4. The predicted molar refractivity (Wildman–Crippen MR) is 111 cm³/mol. The van der Waals surface area contributed by atoms with Crippen molar-refractivity contribution in [2.75, 3.05) is 12.0 Å². The Balaban J connectivity index is 1.64. The van der Waals surface area contributed by atoms with E-state index in [2.05, 4.69) is 36.1 Å². The smallest absolute Gasteiger partial charge is 0.372 e. The van der Waals surface area contributed by atoms with E-state index >= 15 is 0 Å². The zero-order valence-electron chi connectivity index (χ0n) is 16.0. The van der Waals surface area contributed by atoms with E-state index in [0.29, 0.717) is 29.7 Å². The summed E-state index contributed by atoms with van der Waals surface area (Å²) in [5, 5.41) is 17.2. The maximum atomic E-state index is 13.6. The number of halogens is 3. The number of para-hydroxylation sites is 1. The van der Waals surface area contributed by atoms with Crippen LogP contribution < -0.4 is 16.0 Å². The Labute approximate surface area is 174 Å². The predicted octanol–water partition coefficient (Wildman–Crippen LogP) is 4.23. The third kappa shape index (κ3) is 3.63. The molecule has 0 radical (unpaired) electrons. The lowest BCUT2D eigenvalue weighted by atomic mass is 10.1. The number of anilines is 2. The Morgan fingerprint density at radius 1 is 0.968 bits per heavy atom. The second-order valence-electron chi connectivity index (χ2n) is 6.86. The fourth-order valence-electron chi connectivity index (χ4n) is 3.39. The number of fused-ring (bicyclic) bond motifs is 1. The molecule has 1 aliphatic heterocycles. The molecule has 0 bridgehead atoms. The van der Waals surface area contributed by atoms with E-state index < -0.39 is 11.7 Å². The third-order valence-electron chi connectivity index (χ3n) is 4.82. The number of hydrogen-bond donors (Lipinski definition) is 4. The molecule has 10 heteroatoms. The van der Waals surface area contributed by atoms with Crippen molar-refractivity contribution in [3.63, 3.8) is 0 Å². The summed E-state index contributed by atoms with van der Waals surface area (Å²) in [4.78, 5) is 8.78. The van der Waals surface area contributed by atoms with Crippen LogP contribution in [0.1, 0.15) is 11.3 Å². The highest BCUT2D eigenvalue weighted by Gasteiger charge is 2.34. The van der Waals surface area contributed by atoms with Crippen molar-refractivity contribution in [2.45, 2.75) is 6.18 Å². The van der Waals surface area contributed by atoms with Crippen molar-refractivity contribution < 1.29 is 13.2 Å². The fraction of sp³-hybridized carbons (Fsp3) is 0.0952. The number of alkyl halides is 3. The number of nitrogens with one attached hydrogen (secondary N) is 4. The first-order valence-corrected chi connectivity index (χ1v) is 9.43. The van der Waals surface area contributed by atoms with Crippen LogP contribution in [0.3, 0.4) is 0 Å². The van der Waals surface area contributed by atoms with Crippen molar-refractivity contribution in [3.05, 3.63) is 72.1 Å². The molecule has 0 unspecified atom stereocenters. The molecule has 1 aliphatic rings. The van der Waals surface area contributed by atoms with Crippen LogP contribution in [0.2, 0.25) is 0 Å². The maximum absolute atomic E-state index is 13.6. The minimum absolute atomic E-state index is 0.0395. The molecule has 0 atom stereocenters. The van der Waals surface area contributed by atoms with Crippen LogP contribution in [0, 0.1) is 0 Å². The number of rotatable bonds is 4. The van der Waals surface area contributed by atoms with Crippen molar-refractivity contribution in [3.8, 4) is 11.4 Å². The first-order chi connectivity index (χ1) is 15.0. The summed E-state index contributed by atoms with van der Waals surface area (Å²) in [6.07, 6.45) is -2.82. The van der Waals surface area contributed by atoms with Gasteiger partial charge in [0.15, 0.2) is 11.6 Å². The van der Waals surface area contributed by atoms with Crippen LogP contribution in [-0.2, 0) is 6.18 Å². The molecule has 31 heavy (non-hydrogen) atoms. The topological polar surface area (TPSA) is 90.5 Å². The summed E-state index contributed by atoms with van der Waals surface area (Å²) in [6, 6.07) is 14.4. The van der Waals surface area contributed by atoms with Gasteiger partial charge in [-0.25, -0.2) is 9.97 Å². The summed E-state index contributed by atoms with van der Waals surface area (Å²) in [5.74, 6) is 0.799. The minimum atomic E-state index is -4.53. The molecule has 5 rings (SSSR count). The molecule has 2 aromatic heterocycles. The van der Waals surface area contributed by atoms with E-state index in [-0.39, 0.29) is 11.4 Å². The van der Waals surface area contributed by atoms with Gasteiger partial charge in [-0.05, 0) is 18.2 Å². The molecular formula is C21H16F3N7. The lowest BCUT2D eigenvalue weighted by Gasteiger charge is -2.14. The highest BCUT2D eigenvalue weighted by atomic mass is 19.4. The van der Waals surface area contributed by atoms with Crippen LogP contribution in [0.5, 0.6) is 0 Å². The molecule has 0 aliphatic carbocycles. The first-order valence-electron chi connectivity index (χ1n) is 9.43. The normalized spacial score (nSPS) is 13.6. The summed E-state index contributed by atoms with van der Waals surface area (Å²) < 4.78 is 40.8.